The van der Waals surface area contributed by atoms with E-state index in [1.54, 1.807) is 0 Å². The molecule has 0 atom stereocenters. The quantitative estimate of drug-likeness (QED) is 0.106. The molecule has 0 aliphatic carbocycles. The van der Waals surface area contributed by atoms with Gasteiger partial charge in [0.15, 0.2) is 12.6 Å². The highest BCUT2D eigenvalue weighted by Crippen LogP contribution is 2.19. The van der Waals surface area contributed by atoms with Crippen LogP contribution in [-0.2, 0) is 18.9 Å². The van der Waals surface area contributed by atoms with E-state index < -0.39 is 0 Å². The van der Waals surface area contributed by atoms with Gasteiger partial charge in [-0.3, -0.25) is 0 Å². The molecule has 28 heavy (non-hydrogen) atoms. The van der Waals surface area contributed by atoms with Crippen molar-refractivity contribution in [2.24, 2.45) is 0 Å². The van der Waals surface area contributed by atoms with Crippen molar-refractivity contribution >= 4 is 0 Å². The van der Waals surface area contributed by atoms with Gasteiger partial charge in [-0.15, -0.1) is 0 Å². The Bertz CT molecular complexity index is 341. The highest BCUT2D eigenvalue weighted by atomic mass is 16.7. The second-order valence-corrected chi connectivity index (χ2v) is 7.51. The predicted octanol–water partition coefficient (Wildman–Crippen LogP) is 7.72. The van der Waals surface area contributed by atoms with Gasteiger partial charge in [0.25, 0.3) is 0 Å². The van der Waals surface area contributed by atoms with Gasteiger partial charge >= 0.3 is 5.95 Å². The van der Waals surface area contributed by atoms with Crippen molar-refractivity contribution in [2.45, 2.75) is 118 Å². The summed E-state index contributed by atoms with van der Waals surface area (Å²) < 4.78 is 23.6. The molecule has 0 N–H and O–H groups in total. The zero-order valence-electron chi connectivity index (χ0n) is 19.4. The molecule has 0 aromatic heterocycles. The second-order valence-electron chi connectivity index (χ2n) is 7.51. The Hall–Kier alpha value is -0.900. The van der Waals surface area contributed by atoms with Crippen LogP contribution in [-0.4, -0.2) is 26.6 Å². The first kappa shape index (κ1) is 27.1. The molecule has 0 radical (unpaired) electrons. The molecule has 0 aromatic carbocycles. The number of ether oxygens (including phenoxy) is 4. The van der Waals surface area contributed by atoms with Gasteiger partial charge in [0, 0.05) is 6.42 Å². The summed E-state index contributed by atoms with van der Waals surface area (Å²) in [6, 6.07) is 0. The van der Waals surface area contributed by atoms with E-state index in [9.17, 15) is 0 Å². The first-order chi connectivity index (χ1) is 13.8. The fraction of sp³-hybridized carbons (Fsp3) is 0.917. The Morgan fingerprint density at radius 1 is 0.500 bits per heavy atom. The molecule has 0 spiro atoms. The van der Waals surface area contributed by atoms with Crippen molar-refractivity contribution in [1.82, 2.24) is 0 Å². The van der Waals surface area contributed by atoms with E-state index in [1.165, 1.54) is 57.8 Å². The van der Waals surface area contributed by atoms with Crippen LogP contribution >= 0.6 is 0 Å². The van der Waals surface area contributed by atoms with Gasteiger partial charge < -0.3 is 18.9 Å². The molecule has 0 saturated carbocycles. The number of hydrogen-bond acceptors (Lipinski definition) is 4. The van der Waals surface area contributed by atoms with Crippen LogP contribution in [0.15, 0.2) is 11.7 Å². The van der Waals surface area contributed by atoms with Gasteiger partial charge in [0.2, 0.25) is 0 Å². The van der Waals surface area contributed by atoms with Gasteiger partial charge in [-0.2, -0.15) is 0 Å². The molecule has 0 fully saturated rings. The zero-order chi connectivity index (χ0) is 20.7. The lowest BCUT2D eigenvalue weighted by atomic mass is 10.2. The molecular formula is C24H48O4. The maximum Gasteiger partial charge on any atom is 0.321 e. The summed E-state index contributed by atoms with van der Waals surface area (Å²) in [5, 5.41) is 0. The minimum absolute atomic E-state index is 0.241. The first-order valence-corrected chi connectivity index (χ1v) is 12.0. The van der Waals surface area contributed by atoms with Crippen LogP contribution in [0.25, 0.3) is 0 Å². The monoisotopic (exact) mass is 400 g/mol. The number of hydrogen-bond donors (Lipinski definition) is 0. The summed E-state index contributed by atoms with van der Waals surface area (Å²) in [6.45, 7) is 11.2. The Balaban J connectivity index is 4.66. The smallest absolute Gasteiger partial charge is 0.321 e. The second kappa shape index (κ2) is 22.4. The van der Waals surface area contributed by atoms with E-state index in [1.807, 2.05) is 0 Å². The molecule has 0 aromatic rings. The van der Waals surface area contributed by atoms with Crippen molar-refractivity contribution in [3.8, 4) is 0 Å². The van der Waals surface area contributed by atoms with Crippen LogP contribution in [0.3, 0.4) is 0 Å². The highest BCUT2D eigenvalue weighted by molar-refractivity contribution is 4.95. The van der Waals surface area contributed by atoms with E-state index >= 15 is 0 Å². The minimum atomic E-state index is 0.241. The molecule has 4 heteroatoms. The van der Waals surface area contributed by atoms with Crippen LogP contribution < -0.4 is 0 Å². The Morgan fingerprint density at radius 2 is 1.04 bits per heavy atom. The summed E-state index contributed by atoms with van der Waals surface area (Å²) in [6.07, 6.45) is 16.0. The average Bonchev–Trinajstić information content (AvgIpc) is 2.71. The Kier molecular flexibility index (Phi) is 21.7. The largest absolute Gasteiger partial charge is 0.491 e. The molecule has 0 aliphatic heterocycles. The van der Waals surface area contributed by atoms with E-state index in [0.29, 0.717) is 12.6 Å². The predicted molar refractivity (Wildman–Crippen MR) is 118 cm³/mol. The van der Waals surface area contributed by atoms with Gasteiger partial charge in [-0.25, -0.2) is 0 Å². The van der Waals surface area contributed by atoms with Crippen LogP contribution in [0.5, 0.6) is 0 Å². The maximum atomic E-state index is 6.09. The lowest BCUT2D eigenvalue weighted by Crippen LogP contribution is -2.10. The molecule has 0 aliphatic rings. The van der Waals surface area contributed by atoms with E-state index in [0.717, 1.165) is 51.1 Å². The van der Waals surface area contributed by atoms with E-state index in [2.05, 4.69) is 27.7 Å². The van der Waals surface area contributed by atoms with Crippen molar-refractivity contribution in [3.05, 3.63) is 11.7 Å². The van der Waals surface area contributed by atoms with Crippen LogP contribution in [0.2, 0.25) is 0 Å². The van der Waals surface area contributed by atoms with Gasteiger partial charge in [0.05, 0.1) is 19.8 Å². The van der Waals surface area contributed by atoms with E-state index in [4.69, 9.17) is 18.9 Å². The Morgan fingerprint density at radius 3 is 1.68 bits per heavy atom. The standard InChI is InChI=1S/C24H48O4/c1-5-9-13-17-19-25-22-28-24(27-21-16-12-8-4)23(18-14-10-6-2)26-20-15-11-7-3/h5-22H2,1-4H3. The topological polar surface area (TPSA) is 36.9 Å². The van der Waals surface area contributed by atoms with Crippen molar-refractivity contribution in [2.75, 3.05) is 26.6 Å². The molecule has 0 heterocycles. The first-order valence-electron chi connectivity index (χ1n) is 12.0. The number of unbranched alkanes of at least 4 members (excludes halogenated alkanes) is 9. The third-order valence-electron chi connectivity index (χ3n) is 4.66. The summed E-state index contributed by atoms with van der Waals surface area (Å²) in [7, 11) is 0. The Labute approximate surface area is 175 Å². The third-order valence-corrected chi connectivity index (χ3v) is 4.66. The summed E-state index contributed by atoms with van der Waals surface area (Å²) in [5.41, 5.74) is 0. The normalized spacial score (nSPS) is 12.0. The molecule has 0 rings (SSSR count). The van der Waals surface area contributed by atoms with Gasteiger partial charge in [-0.1, -0.05) is 85.5 Å². The number of rotatable bonds is 22. The molecule has 0 amide bonds. The molecule has 0 bridgehead atoms. The van der Waals surface area contributed by atoms with Gasteiger partial charge in [0.1, 0.15) is 0 Å². The lowest BCUT2D eigenvalue weighted by Gasteiger charge is -2.18. The van der Waals surface area contributed by atoms with Crippen molar-refractivity contribution in [1.29, 1.82) is 0 Å². The van der Waals surface area contributed by atoms with Crippen molar-refractivity contribution in [3.63, 3.8) is 0 Å². The minimum Gasteiger partial charge on any atom is -0.491 e. The van der Waals surface area contributed by atoms with Crippen molar-refractivity contribution < 1.29 is 18.9 Å². The maximum absolute atomic E-state index is 6.09. The van der Waals surface area contributed by atoms with Crippen LogP contribution in [0, 0.1) is 0 Å². The van der Waals surface area contributed by atoms with Crippen LogP contribution in [0.1, 0.15) is 118 Å². The highest BCUT2D eigenvalue weighted by Gasteiger charge is 2.13. The third kappa shape index (κ3) is 17.2. The molecule has 168 valence electrons. The summed E-state index contributed by atoms with van der Waals surface area (Å²) in [4.78, 5) is 0. The van der Waals surface area contributed by atoms with E-state index in [-0.39, 0.29) is 6.79 Å². The number of allylic oxidation sites excluding steroid dienone is 1. The fourth-order valence-electron chi connectivity index (χ4n) is 2.82. The zero-order valence-corrected chi connectivity index (χ0v) is 19.4. The average molecular weight is 401 g/mol. The van der Waals surface area contributed by atoms with Crippen LogP contribution in [0.4, 0.5) is 0 Å². The molecule has 0 unspecified atom stereocenters. The molecular weight excluding hydrogens is 352 g/mol. The summed E-state index contributed by atoms with van der Waals surface area (Å²) in [5.74, 6) is 1.42. The van der Waals surface area contributed by atoms with Gasteiger partial charge in [-0.05, 0) is 25.7 Å². The summed E-state index contributed by atoms with van der Waals surface area (Å²) >= 11 is 0. The fourth-order valence-corrected chi connectivity index (χ4v) is 2.82. The SMILES string of the molecule is CCCCCCOCOC(OCCCCC)=C(CCCCC)OCCCCC. The lowest BCUT2D eigenvalue weighted by molar-refractivity contribution is -0.0845. The molecule has 4 nitrogen and oxygen atoms in total. The molecule has 0 saturated heterocycles.